The highest BCUT2D eigenvalue weighted by Crippen LogP contribution is 2.28. The summed E-state index contributed by atoms with van der Waals surface area (Å²) in [5.74, 6) is 0.0242. The van der Waals surface area contributed by atoms with Gasteiger partial charge in [-0.05, 0) is 42.8 Å². The van der Waals surface area contributed by atoms with Crippen molar-refractivity contribution in [1.82, 2.24) is 19.6 Å². The van der Waals surface area contributed by atoms with E-state index in [9.17, 15) is 4.79 Å². The molecule has 4 aromatic rings. The van der Waals surface area contributed by atoms with E-state index in [1.807, 2.05) is 77.2 Å². The number of rotatable bonds is 7. The van der Waals surface area contributed by atoms with Gasteiger partial charge in [-0.2, -0.15) is 5.10 Å². The highest BCUT2D eigenvalue weighted by Gasteiger charge is 2.27. The predicted octanol–water partition coefficient (Wildman–Crippen LogP) is 5.75. The highest BCUT2D eigenvalue weighted by atomic mass is 35.5. The van der Waals surface area contributed by atoms with Gasteiger partial charge in [0, 0.05) is 48.7 Å². The minimum atomic E-state index is 0.0242. The van der Waals surface area contributed by atoms with Crippen LogP contribution in [0.25, 0.3) is 5.69 Å². The van der Waals surface area contributed by atoms with E-state index < -0.39 is 0 Å². The number of carbonyl (C=O) groups excluding carboxylic acids is 1. The van der Waals surface area contributed by atoms with Gasteiger partial charge in [0.05, 0.1) is 23.6 Å². The van der Waals surface area contributed by atoms with Crippen LogP contribution < -0.4 is 0 Å². The van der Waals surface area contributed by atoms with Gasteiger partial charge in [-0.25, -0.2) is 4.68 Å². The fraction of sp³-hybridized carbons (Fsp3) is 0.241. The van der Waals surface area contributed by atoms with Gasteiger partial charge in [0.25, 0.3) is 5.91 Å². The second-order valence-corrected chi connectivity index (χ2v) is 9.33. The summed E-state index contributed by atoms with van der Waals surface area (Å²) < 4.78 is 2.03. The van der Waals surface area contributed by atoms with Crippen LogP contribution in [0.3, 0.4) is 0 Å². The summed E-state index contributed by atoms with van der Waals surface area (Å²) in [7, 11) is 0. The van der Waals surface area contributed by atoms with Gasteiger partial charge in [0.15, 0.2) is 0 Å². The van der Waals surface area contributed by atoms with Crippen molar-refractivity contribution in [2.24, 2.45) is 0 Å². The van der Waals surface area contributed by atoms with Crippen LogP contribution in [0.4, 0.5) is 0 Å². The number of amides is 1. The molecule has 0 atom stereocenters. The first kappa shape index (κ1) is 23.3. The molecule has 0 bridgehead atoms. The van der Waals surface area contributed by atoms with Crippen molar-refractivity contribution < 1.29 is 4.79 Å². The number of halogens is 1. The van der Waals surface area contributed by atoms with Gasteiger partial charge in [-0.3, -0.25) is 9.69 Å². The van der Waals surface area contributed by atoms with Gasteiger partial charge < -0.3 is 4.90 Å². The number of hydrogen-bond acceptors (Lipinski definition) is 3. The van der Waals surface area contributed by atoms with E-state index in [1.54, 1.807) is 0 Å². The van der Waals surface area contributed by atoms with Crippen molar-refractivity contribution >= 4 is 17.5 Å². The fourth-order valence-electron chi connectivity index (χ4n) is 4.74. The average Bonchev–Trinajstić information content (AvgIpc) is 3.25. The van der Waals surface area contributed by atoms with Gasteiger partial charge in [0.1, 0.15) is 0 Å². The molecule has 2 heterocycles. The Kier molecular flexibility index (Phi) is 6.98. The van der Waals surface area contributed by atoms with Crippen molar-refractivity contribution in [1.29, 1.82) is 0 Å². The van der Waals surface area contributed by atoms with Gasteiger partial charge >= 0.3 is 0 Å². The molecule has 1 aliphatic heterocycles. The van der Waals surface area contributed by atoms with Crippen molar-refractivity contribution in [2.75, 3.05) is 13.1 Å². The van der Waals surface area contributed by atoms with Crippen LogP contribution in [0, 0.1) is 0 Å². The summed E-state index contributed by atoms with van der Waals surface area (Å²) in [5.41, 5.74) is 6.32. The molecule has 1 aromatic heterocycles. The standard InChI is InChI=1S/C29H29ClN4O/c1-2-33(29(35)23-12-7-4-8-13-23)21-27-26-20-32(19-22-10-5-3-6-11-22)17-16-28(26)34(31-27)25-15-9-14-24(30)18-25/h3-15,18H,2,16-17,19-21H2,1H3. The normalized spacial score (nSPS) is 13.4. The molecule has 0 saturated heterocycles. The second kappa shape index (κ2) is 10.5. The van der Waals surface area contributed by atoms with Crippen LogP contribution in [0.5, 0.6) is 0 Å². The van der Waals surface area contributed by atoms with Crippen LogP contribution in [0.1, 0.15) is 39.8 Å². The number of fused-ring (bicyclic) bond motifs is 1. The first-order chi connectivity index (χ1) is 17.1. The third-order valence-corrected chi connectivity index (χ3v) is 6.79. The van der Waals surface area contributed by atoms with E-state index in [2.05, 4.69) is 29.2 Å². The first-order valence-corrected chi connectivity index (χ1v) is 12.5. The van der Waals surface area contributed by atoms with Crippen LogP contribution in [-0.4, -0.2) is 38.6 Å². The summed E-state index contributed by atoms with van der Waals surface area (Å²) in [6, 6.07) is 27.8. The Morgan fingerprint density at radius 2 is 1.74 bits per heavy atom. The predicted molar refractivity (Wildman–Crippen MR) is 140 cm³/mol. The summed E-state index contributed by atoms with van der Waals surface area (Å²) in [4.78, 5) is 17.6. The van der Waals surface area contributed by atoms with Crippen LogP contribution in [-0.2, 0) is 26.1 Å². The monoisotopic (exact) mass is 484 g/mol. The minimum absolute atomic E-state index is 0.0242. The summed E-state index contributed by atoms with van der Waals surface area (Å²) in [6.45, 7) is 5.75. The molecule has 0 saturated carbocycles. The molecule has 5 rings (SSSR count). The van der Waals surface area contributed by atoms with E-state index in [-0.39, 0.29) is 5.91 Å². The number of aromatic nitrogens is 2. The molecular weight excluding hydrogens is 456 g/mol. The highest BCUT2D eigenvalue weighted by molar-refractivity contribution is 6.30. The lowest BCUT2D eigenvalue weighted by Gasteiger charge is -2.28. The van der Waals surface area contributed by atoms with E-state index >= 15 is 0 Å². The average molecular weight is 485 g/mol. The van der Waals surface area contributed by atoms with E-state index in [4.69, 9.17) is 16.7 Å². The zero-order valence-electron chi connectivity index (χ0n) is 19.9. The maximum Gasteiger partial charge on any atom is 0.254 e. The zero-order valence-corrected chi connectivity index (χ0v) is 20.7. The smallest absolute Gasteiger partial charge is 0.254 e. The SMILES string of the molecule is CCN(Cc1nn(-c2cccc(Cl)c2)c2c1CN(Cc1ccccc1)CC2)C(=O)c1ccccc1. The topological polar surface area (TPSA) is 41.4 Å². The van der Waals surface area contributed by atoms with Crippen molar-refractivity contribution in [3.63, 3.8) is 0 Å². The Labute approximate surface area is 211 Å². The van der Waals surface area contributed by atoms with E-state index in [1.165, 1.54) is 16.8 Å². The Morgan fingerprint density at radius 3 is 2.46 bits per heavy atom. The lowest BCUT2D eigenvalue weighted by Crippen LogP contribution is -2.33. The molecule has 0 radical (unpaired) electrons. The van der Waals surface area contributed by atoms with E-state index in [0.717, 1.165) is 37.4 Å². The summed E-state index contributed by atoms with van der Waals surface area (Å²) >= 11 is 6.31. The molecule has 3 aromatic carbocycles. The molecule has 0 unspecified atom stereocenters. The Morgan fingerprint density at radius 1 is 1.00 bits per heavy atom. The molecule has 1 amide bonds. The maximum absolute atomic E-state index is 13.2. The Balaban J connectivity index is 1.48. The second-order valence-electron chi connectivity index (χ2n) is 8.90. The third kappa shape index (κ3) is 5.16. The molecule has 0 aliphatic carbocycles. The zero-order chi connectivity index (χ0) is 24.2. The molecule has 0 fully saturated rings. The Bertz CT molecular complexity index is 1300. The van der Waals surface area contributed by atoms with Crippen molar-refractivity contribution in [3.8, 4) is 5.69 Å². The lowest BCUT2D eigenvalue weighted by atomic mass is 10.0. The lowest BCUT2D eigenvalue weighted by molar-refractivity contribution is 0.0749. The molecule has 0 N–H and O–H groups in total. The van der Waals surface area contributed by atoms with Crippen LogP contribution in [0.15, 0.2) is 84.9 Å². The molecule has 6 heteroatoms. The Hall–Kier alpha value is -3.41. The quantitative estimate of drug-likeness (QED) is 0.335. The van der Waals surface area contributed by atoms with Crippen LogP contribution in [0.2, 0.25) is 5.02 Å². The number of carbonyl (C=O) groups is 1. The van der Waals surface area contributed by atoms with Crippen LogP contribution >= 0.6 is 11.6 Å². The largest absolute Gasteiger partial charge is 0.333 e. The molecule has 0 spiro atoms. The molecule has 5 nitrogen and oxygen atoms in total. The third-order valence-electron chi connectivity index (χ3n) is 6.55. The van der Waals surface area contributed by atoms with E-state index in [0.29, 0.717) is 23.7 Å². The molecule has 178 valence electrons. The number of benzene rings is 3. The van der Waals surface area contributed by atoms with Crippen molar-refractivity contribution in [2.45, 2.75) is 33.0 Å². The first-order valence-electron chi connectivity index (χ1n) is 12.1. The van der Waals surface area contributed by atoms with Crippen molar-refractivity contribution in [3.05, 3.63) is 118 Å². The fourth-order valence-corrected chi connectivity index (χ4v) is 4.92. The molecule has 1 aliphatic rings. The minimum Gasteiger partial charge on any atom is -0.333 e. The van der Waals surface area contributed by atoms with Gasteiger partial charge in [-0.1, -0.05) is 66.2 Å². The number of nitrogens with zero attached hydrogens (tertiary/aromatic N) is 4. The molecular formula is C29H29ClN4O. The number of hydrogen-bond donors (Lipinski definition) is 0. The molecule has 35 heavy (non-hydrogen) atoms. The summed E-state index contributed by atoms with van der Waals surface area (Å²) in [6.07, 6.45) is 0.889. The summed E-state index contributed by atoms with van der Waals surface area (Å²) in [5, 5.41) is 5.73. The van der Waals surface area contributed by atoms with Gasteiger partial charge in [-0.15, -0.1) is 0 Å². The maximum atomic E-state index is 13.2. The van der Waals surface area contributed by atoms with Gasteiger partial charge in [0.2, 0.25) is 0 Å².